The number of nitrogens with zero attached hydrogens (tertiary/aromatic N) is 1. The van der Waals surface area contributed by atoms with Crippen LogP contribution >= 0.6 is 0 Å². The first-order chi connectivity index (χ1) is 6.77. The van der Waals surface area contributed by atoms with Crippen molar-refractivity contribution >= 4 is 5.91 Å². The summed E-state index contributed by atoms with van der Waals surface area (Å²) >= 11 is 0. The van der Waals surface area contributed by atoms with Gasteiger partial charge in [0.15, 0.2) is 0 Å². The van der Waals surface area contributed by atoms with E-state index in [1.165, 1.54) is 0 Å². The molecule has 0 aromatic rings. The molecule has 0 aromatic heterocycles. The van der Waals surface area contributed by atoms with E-state index >= 15 is 0 Å². The van der Waals surface area contributed by atoms with Crippen molar-refractivity contribution in [3.8, 4) is 0 Å². The van der Waals surface area contributed by atoms with Crippen LogP contribution in [0.2, 0.25) is 0 Å². The van der Waals surface area contributed by atoms with Crippen molar-refractivity contribution in [2.75, 3.05) is 19.6 Å². The molecule has 0 aromatic carbocycles. The predicted molar refractivity (Wildman–Crippen MR) is 52.8 cm³/mol. The van der Waals surface area contributed by atoms with Gasteiger partial charge in [0.1, 0.15) is 0 Å². The highest BCUT2D eigenvalue weighted by molar-refractivity contribution is 5.82. The van der Waals surface area contributed by atoms with E-state index in [4.69, 9.17) is 0 Å². The molecule has 1 unspecified atom stereocenters. The van der Waals surface area contributed by atoms with Gasteiger partial charge in [0.25, 0.3) is 0 Å². The van der Waals surface area contributed by atoms with Gasteiger partial charge in [-0.25, -0.2) is 0 Å². The van der Waals surface area contributed by atoms with E-state index in [0.29, 0.717) is 6.54 Å². The number of hydrogen-bond acceptors (Lipinski definition) is 3. The van der Waals surface area contributed by atoms with Gasteiger partial charge >= 0.3 is 0 Å². The quantitative estimate of drug-likeness (QED) is 0.609. The van der Waals surface area contributed by atoms with Crippen LogP contribution in [0, 0.1) is 0 Å². The molecule has 4 heteroatoms. The molecule has 2 aliphatic heterocycles. The Hall–Kier alpha value is -0.610. The van der Waals surface area contributed by atoms with Gasteiger partial charge in [-0.2, -0.15) is 0 Å². The van der Waals surface area contributed by atoms with Crippen LogP contribution in [0.1, 0.15) is 25.7 Å². The van der Waals surface area contributed by atoms with E-state index < -0.39 is 0 Å². The van der Waals surface area contributed by atoms with Gasteiger partial charge in [0.05, 0.1) is 12.1 Å². The average molecular weight is 198 g/mol. The van der Waals surface area contributed by atoms with Crippen molar-refractivity contribution in [1.29, 1.82) is 0 Å². The molecule has 2 saturated heterocycles. The lowest BCUT2D eigenvalue weighted by Gasteiger charge is -2.31. The number of carbonyl (C=O) groups excluding carboxylic acids is 1. The fourth-order valence-corrected chi connectivity index (χ4v) is 2.27. The Bertz CT molecular complexity index is 214. The number of aliphatic hydroxyl groups excluding tert-OH is 1. The first kappa shape index (κ1) is 9.93. The molecular formula is C10H18N2O2. The highest BCUT2D eigenvalue weighted by Crippen LogP contribution is 2.14. The minimum Gasteiger partial charge on any atom is -0.391 e. The summed E-state index contributed by atoms with van der Waals surface area (Å²) in [4.78, 5) is 13.7. The van der Waals surface area contributed by atoms with E-state index in [1.54, 1.807) is 4.90 Å². The first-order valence-electron chi connectivity index (χ1n) is 5.47. The normalized spacial score (nSPS) is 33.4. The summed E-state index contributed by atoms with van der Waals surface area (Å²) in [7, 11) is 0. The molecule has 0 aliphatic carbocycles. The minimum absolute atomic E-state index is 0.0142. The number of β-amino-alcohol motifs (C(OH)–C–C–N with tert-alkyl or cyclic N) is 1. The van der Waals surface area contributed by atoms with Gasteiger partial charge in [-0.1, -0.05) is 0 Å². The Morgan fingerprint density at radius 3 is 2.86 bits per heavy atom. The van der Waals surface area contributed by atoms with E-state index in [-0.39, 0.29) is 18.1 Å². The fraction of sp³-hybridized carbons (Fsp3) is 0.900. The van der Waals surface area contributed by atoms with Crippen molar-refractivity contribution in [3.05, 3.63) is 0 Å². The van der Waals surface area contributed by atoms with Crippen molar-refractivity contribution in [3.63, 3.8) is 0 Å². The van der Waals surface area contributed by atoms with Gasteiger partial charge in [0, 0.05) is 13.1 Å². The molecule has 2 atom stereocenters. The zero-order valence-corrected chi connectivity index (χ0v) is 8.41. The maximum Gasteiger partial charge on any atom is 0.239 e. The third kappa shape index (κ3) is 2.07. The zero-order valence-electron chi connectivity index (χ0n) is 8.41. The minimum atomic E-state index is -0.311. The summed E-state index contributed by atoms with van der Waals surface area (Å²) in [6.07, 6.45) is 3.49. The van der Waals surface area contributed by atoms with Crippen LogP contribution in [0.5, 0.6) is 0 Å². The third-order valence-electron chi connectivity index (χ3n) is 3.07. The number of aliphatic hydroxyl groups is 1. The molecule has 0 spiro atoms. The molecule has 0 bridgehead atoms. The molecule has 1 amide bonds. The standard InChI is InChI=1S/C10H18N2O2/c13-8-3-2-6-12(7-8)10(14)9-4-1-5-11-9/h8-9,11,13H,1-7H2/t8-,9?/m0/s1. The van der Waals surface area contributed by atoms with Crippen molar-refractivity contribution < 1.29 is 9.90 Å². The Morgan fingerprint density at radius 1 is 1.36 bits per heavy atom. The Kier molecular flexibility index (Phi) is 3.03. The average Bonchev–Trinajstić information content (AvgIpc) is 2.69. The molecule has 2 rings (SSSR count). The smallest absolute Gasteiger partial charge is 0.239 e. The molecule has 0 saturated carbocycles. The summed E-state index contributed by atoms with van der Waals surface area (Å²) in [6, 6.07) is 0.0142. The number of amides is 1. The fourth-order valence-electron chi connectivity index (χ4n) is 2.27. The summed E-state index contributed by atoms with van der Waals surface area (Å²) < 4.78 is 0. The van der Waals surface area contributed by atoms with E-state index in [0.717, 1.165) is 38.8 Å². The second-order valence-electron chi connectivity index (χ2n) is 4.23. The van der Waals surface area contributed by atoms with E-state index in [1.807, 2.05) is 0 Å². The topological polar surface area (TPSA) is 52.6 Å². The Labute approximate surface area is 84.3 Å². The lowest BCUT2D eigenvalue weighted by molar-refractivity contribution is -0.136. The molecule has 2 heterocycles. The molecular weight excluding hydrogens is 180 g/mol. The van der Waals surface area contributed by atoms with Crippen molar-refractivity contribution in [2.24, 2.45) is 0 Å². The van der Waals surface area contributed by atoms with Gasteiger partial charge in [-0.05, 0) is 32.2 Å². The lowest BCUT2D eigenvalue weighted by atomic mass is 10.1. The Morgan fingerprint density at radius 2 is 2.21 bits per heavy atom. The molecule has 0 radical (unpaired) electrons. The lowest BCUT2D eigenvalue weighted by Crippen LogP contribution is -2.49. The molecule has 4 nitrogen and oxygen atoms in total. The number of piperidine rings is 1. The van der Waals surface area contributed by atoms with E-state index in [2.05, 4.69) is 5.32 Å². The Balaban J connectivity index is 1.89. The van der Waals surface area contributed by atoms with Crippen LogP contribution in [-0.4, -0.2) is 47.7 Å². The SMILES string of the molecule is O=C(C1CCCN1)N1CCC[C@H](O)C1. The highest BCUT2D eigenvalue weighted by Gasteiger charge is 2.29. The van der Waals surface area contributed by atoms with Gasteiger partial charge in [-0.15, -0.1) is 0 Å². The summed E-state index contributed by atoms with van der Waals surface area (Å²) in [5, 5.41) is 12.7. The second-order valence-corrected chi connectivity index (χ2v) is 4.23. The van der Waals surface area contributed by atoms with Gasteiger partial charge in [-0.3, -0.25) is 4.79 Å². The van der Waals surface area contributed by atoms with Crippen LogP contribution in [-0.2, 0) is 4.79 Å². The zero-order chi connectivity index (χ0) is 9.97. The van der Waals surface area contributed by atoms with Crippen LogP contribution in [0.3, 0.4) is 0 Å². The maximum atomic E-state index is 11.9. The summed E-state index contributed by atoms with van der Waals surface area (Å²) in [6.45, 7) is 2.29. The number of nitrogens with one attached hydrogen (secondary N) is 1. The molecule has 80 valence electrons. The number of carbonyl (C=O) groups is 1. The second kappa shape index (κ2) is 4.28. The predicted octanol–water partition coefficient (Wildman–Crippen LogP) is -0.278. The number of rotatable bonds is 1. The molecule has 2 N–H and O–H groups in total. The van der Waals surface area contributed by atoms with Gasteiger partial charge in [0.2, 0.25) is 5.91 Å². The van der Waals surface area contributed by atoms with Crippen molar-refractivity contribution in [1.82, 2.24) is 10.2 Å². The number of hydrogen-bond donors (Lipinski definition) is 2. The van der Waals surface area contributed by atoms with Crippen LogP contribution in [0.25, 0.3) is 0 Å². The van der Waals surface area contributed by atoms with Gasteiger partial charge < -0.3 is 15.3 Å². The molecule has 2 fully saturated rings. The number of likely N-dealkylation sites (tertiary alicyclic amines) is 1. The molecule has 14 heavy (non-hydrogen) atoms. The largest absolute Gasteiger partial charge is 0.391 e. The van der Waals surface area contributed by atoms with Crippen LogP contribution < -0.4 is 5.32 Å². The summed E-state index contributed by atoms with van der Waals surface area (Å²) in [5.74, 6) is 0.182. The van der Waals surface area contributed by atoms with E-state index in [9.17, 15) is 9.90 Å². The molecule has 2 aliphatic rings. The first-order valence-corrected chi connectivity index (χ1v) is 5.47. The monoisotopic (exact) mass is 198 g/mol. The van der Waals surface area contributed by atoms with Crippen LogP contribution in [0.15, 0.2) is 0 Å². The highest BCUT2D eigenvalue weighted by atomic mass is 16.3. The van der Waals surface area contributed by atoms with Crippen LogP contribution in [0.4, 0.5) is 0 Å². The van der Waals surface area contributed by atoms with Crippen molar-refractivity contribution in [2.45, 2.75) is 37.8 Å². The third-order valence-corrected chi connectivity index (χ3v) is 3.07. The summed E-state index contributed by atoms with van der Waals surface area (Å²) in [5.41, 5.74) is 0. The maximum absolute atomic E-state index is 11.9.